The summed E-state index contributed by atoms with van der Waals surface area (Å²) in [5.74, 6) is 1.20. The zero-order chi connectivity index (χ0) is 21.1. The molecule has 0 saturated carbocycles. The fourth-order valence-electron chi connectivity index (χ4n) is 3.81. The van der Waals surface area contributed by atoms with E-state index in [2.05, 4.69) is 9.88 Å². The highest BCUT2D eigenvalue weighted by atomic mass is 35.5. The lowest BCUT2D eigenvalue weighted by Gasteiger charge is -2.35. The van der Waals surface area contributed by atoms with E-state index in [1.165, 1.54) is 0 Å². The van der Waals surface area contributed by atoms with Gasteiger partial charge in [0.2, 0.25) is 0 Å². The van der Waals surface area contributed by atoms with Crippen molar-refractivity contribution in [3.05, 3.63) is 64.8 Å². The molecule has 1 amide bonds. The Labute approximate surface area is 181 Å². The van der Waals surface area contributed by atoms with Crippen LogP contribution < -0.4 is 9.47 Å². The fraction of sp³-hybridized carbons (Fsp3) is 0.304. The lowest BCUT2D eigenvalue weighted by Crippen LogP contribution is -2.48. The van der Waals surface area contributed by atoms with Gasteiger partial charge >= 0.3 is 0 Å². The Morgan fingerprint density at radius 1 is 1.03 bits per heavy atom. The summed E-state index contributed by atoms with van der Waals surface area (Å²) in [6.07, 6.45) is 1.80. The molecule has 0 unspecified atom stereocenters. The molecular weight excluding hydrogens is 402 g/mol. The second-order valence-corrected chi connectivity index (χ2v) is 7.75. The number of methoxy groups -OCH3 is 2. The number of hydrogen-bond acceptors (Lipinski definition) is 5. The Balaban J connectivity index is 1.44. The van der Waals surface area contributed by atoms with Crippen LogP contribution in [-0.4, -0.2) is 61.1 Å². The number of benzene rings is 2. The molecule has 4 rings (SSSR count). The molecule has 0 N–H and O–H groups in total. The first-order valence-corrected chi connectivity index (χ1v) is 10.2. The van der Waals surface area contributed by atoms with Crippen molar-refractivity contribution >= 4 is 28.4 Å². The highest BCUT2D eigenvalue weighted by Gasteiger charge is 2.23. The van der Waals surface area contributed by atoms with E-state index >= 15 is 0 Å². The number of carbonyl (C=O) groups is 1. The summed E-state index contributed by atoms with van der Waals surface area (Å²) in [7, 11) is 3.16. The van der Waals surface area contributed by atoms with E-state index < -0.39 is 0 Å². The van der Waals surface area contributed by atoms with Gasteiger partial charge in [-0.2, -0.15) is 0 Å². The van der Waals surface area contributed by atoms with Gasteiger partial charge in [0.15, 0.2) is 0 Å². The maximum atomic E-state index is 13.0. The van der Waals surface area contributed by atoms with Crippen molar-refractivity contribution in [2.75, 3.05) is 40.4 Å². The van der Waals surface area contributed by atoms with E-state index in [0.717, 1.165) is 36.1 Å². The standard InChI is InChI=1S/C23H24ClN3O3/c1-29-20-12-17(13-21(14-20)30-2)23(28)27-8-6-26(7-9-27)15-18-11-19(24)10-16-4-3-5-25-22(16)18/h3-5,10-14H,6-9,15H2,1-2H3. The van der Waals surface area contributed by atoms with Crippen LogP contribution in [0.5, 0.6) is 11.5 Å². The van der Waals surface area contributed by atoms with Gasteiger partial charge < -0.3 is 14.4 Å². The topological polar surface area (TPSA) is 54.9 Å². The molecule has 7 heteroatoms. The molecule has 0 radical (unpaired) electrons. The zero-order valence-corrected chi connectivity index (χ0v) is 17.9. The van der Waals surface area contributed by atoms with E-state index in [9.17, 15) is 4.79 Å². The van der Waals surface area contributed by atoms with Gasteiger partial charge in [-0.15, -0.1) is 0 Å². The summed E-state index contributed by atoms with van der Waals surface area (Å²) in [6.45, 7) is 3.64. The third kappa shape index (κ3) is 4.35. The number of piperazine rings is 1. The van der Waals surface area contributed by atoms with Crippen molar-refractivity contribution in [2.45, 2.75) is 6.54 Å². The minimum Gasteiger partial charge on any atom is -0.497 e. The molecule has 1 saturated heterocycles. The van der Waals surface area contributed by atoms with Crippen LogP contribution in [0.25, 0.3) is 10.9 Å². The third-order valence-electron chi connectivity index (χ3n) is 5.40. The Morgan fingerprint density at radius 3 is 2.40 bits per heavy atom. The largest absolute Gasteiger partial charge is 0.497 e. The molecule has 1 aliphatic rings. The van der Waals surface area contributed by atoms with Crippen LogP contribution in [0.3, 0.4) is 0 Å². The molecule has 0 spiro atoms. The van der Waals surface area contributed by atoms with Gasteiger partial charge in [-0.3, -0.25) is 14.7 Å². The van der Waals surface area contributed by atoms with E-state index in [1.54, 1.807) is 38.6 Å². The van der Waals surface area contributed by atoms with Crippen LogP contribution >= 0.6 is 11.6 Å². The molecule has 0 bridgehead atoms. The molecule has 0 aliphatic carbocycles. The predicted molar refractivity (Wildman–Crippen MR) is 117 cm³/mol. The highest BCUT2D eigenvalue weighted by molar-refractivity contribution is 6.31. The molecule has 3 aromatic rings. The number of amides is 1. The van der Waals surface area contributed by atoms with Gasteiger partial charge in [-0.05, 0) is 35.9 Å². The van der Waals surface area contributed by atoms with E-state index in [0.29, 0.717) is 35.2 Å². The highest BCUT2D eigenvalue weighted by Crippen LogP contribution is 2.25. The summed E-state index contributed by atoms with van der Waals surface area (Å²) in [5, 5.41) is 1.76. The monoisotopic (exact) mass is 425 g/mol. The maximum Gasteiger partial charge on any atom is 0.254 e. The summed E-state index contributed by atoms with van der Waals surface area (Å²) in [5.41, 5.74) is 2.66. The molecule has 1 fully saturated rings. The van der Waals surface area contributed by atoms with Crippen LogP contribution in [0.4, 0.5) is 0 Å². The first-order chi connectivity index (χ1) is 14.6. The summed E-state index contributed by atoms with van der Waals surface area (Å²) in [4.78, 5) is 21.7. The lowest BCUT2D eigenvalue weighted by atomic mass is 10.1. The van der Waals surface area contributed by atoms with Gasteiger partial charge in [0.1, 0.15) is 11.5 Å². The number of rotatable bonds is 5. The van der Waals surface area contributed by atoms with Crippen molar-refractivity contribution in [2.24, 2.45) is 0 Å². The second kappa shape index (κ2) is 8.90. The minimum absolute atomic E-state index is 0.0123. The number of fused-ring (bicyclic) bond motifs is 1. The van der Waals surface area contributed by atoms with Crippen molar-refractivity contribution in [1.82, 2.24) is 14.8 Å². The number of hydrogen-bond donors (Lipinski definition) is 0. The van der Waals surface area contributed by atoms with Crippen molar-refractivity contribution in [3.8, 4) is 11.5 Å². The van der Waals surface area contributed by atoms with Crippen molar-refractivity contribution in [1.29, 1.82) is 0 Å². The molecule has 6 nitrogen and oxygen atoms in total. The molecule has 156 valence electrons. The van der Waals surface area contributed by atoms with Crippen LogP contribution in [-0.2, 0) is 6.54 Å². The lowest BCUT2D eigenvalue weighted by molar-refractivity contribution is 0.0628. The fourth-order valence-corrected chi connectivity index (χ4v) is 4.06. The van der Waals surface area contributed by atoms with Crippen molar-refractivity contribution < 1.29 is 14.3 Å². The molecule has 1 aromatic heterocycles. The maximum absolute atomic E-state index is 13.0. The molecule has 2 aromatic carbocycles. The van der Waals surface area contributed by atoms with Crippen LogP contribution in [0.1, 0.15) is 15.9 Å². The molecular formula is C23H24ClN3O3. The summed E-state index contributed by atoms with van der Waals surface area (Å²) in [6, 6.07) is 13.1. The number of pyridine rings is 1. The number of nitrogens with zero attached hydrogens (tertiary/aromatic N) is 3. The average molecular weight is 426 g/mol. The molecule has 30 heavy (non-hydrogen) atoms. The SMILES string of the molecule is COc1cc(OC)cc(C(=O)N2CCN(Cc3cc(Cl)cc4cccnc34)CC2)c1. The van der Waals surface area contributed by atoms with Gasteiger partial charge in [0, 0.05) is 61.0 Å². The second-order valence-electron chi connectivity index (χ2n) is 7.31. The molecule has 1 aliphatic heterocycles. The summed E-state index contributed by atoms with van der Waals surface area (Å²) < 4.78 is 10.6. The number of carbonyl (C=O) groups excluding carboxylic acids is 1. The Morgan fingerprint density at radius 2 is 1.73 bits per heavy atom. The number of aromatic nitrogens is 1. The smallest absolute Gasteiger partial charge is 0.254 e. The van der Waals surface area contributed by atoms with E-state index in [1.807, 2.05) is 29.2 Å². The van der Waals surface area contributed by atoms with Crippen molar-refractivity contribution in [3.63, 3.8) is 0 Å². The van der Waals surface area contributed by atoms with Crippen LogP contribution in [0.15, 0.2) is 48.7 Å². The van der Waals surface area contributed by atoms with E-state index in [4.69, 9.17) is 21.1 Å². The Hall–Kier alpha value is -2.83. The van der Waals surface area contributed by atoms with Gasteiger partial charge in [-0.1, -0.05) is 17.7 Å². The first kappa shape index (κ1) is 20.4. The third-order valence-corrected chi connectivity index (χ3v) is 5.62. The average Bonchev–Trinajstić information content (AvgIpc) is 2.78. The van der Waals surface area contributed by atoms with E-state index in [-0.39, 0.29) is 5.91 Å². The van der Waals surface area contributed by atoms with Crippen LogP contribution in [0, 0.1) is 0 Å². The zero-order valence-electron chi connectivity index (χ0n) is 17.1. The first-order valence-electron chi connectivity index (χ1n) is 9.85. The van der Waals surface area contributed by atoms with Gasteiger partial charge in [0.05, 0.1) is 19.7 Å². The Bertz CT molecular complexity index is 1040. The molecule has 0 atom stereocenters. The number of ether oxygens (including phenoxy) is 2. The summed E-state index contributed by atoms with van der Waals surface area (Å²) >= 11 is 6.30. The number of halogens is 1. The van der Waals surface area contributed by atoms with Crippen LogP contribution in [0.2, 0.25) is 5.02 Å². The Kier molecular flexibility index (Phi) is 6.06. The van der Waals surface area contributed by atoms with Gasteiger partial charge in [0.25, 0.3) is 5.91 Å². The minimum atomic E-state index is -0.0123. The quantitative estimate of drug-likeness (QED) is 0.621. The molecule has 2 heterocycles. The predicted octanol–water partition coefficient (Wildman–Crippen LogP) is 3.86. The van der Waals surface area contributed by atoms with Gasteiger partial charge in [-0.25, -0.2) is 0 Å². The normalized spacial score (nSPS) is 14.7.